The molecule has 0 N–H and O–H groups in total. The van der Waals surface area contributed by atoms with Crippen molar-refractivity contribution in [1.29, 1.82) is 0 Å². The molecule has 0 aliphatic carbocycles. The van der Waals surface area contributed by atoms with E-state index < -0.39 is 0 Å². The molecule has 0 heterocycles. The minimum Gasteiger partial charge on any atom is -0.0885 e. The molecule has 0 aliphatic heterocycles. The summed E-state index contributed by atoms with van der Waals surface area (Å²) < 4.78 is 0. The predicted molar refractivity (Wildman–Crippen MR) is 71.0 cm³/mol. The van der Waals surface area contributed by atoms with E-state index in [4.69, 9.17) is 0 Å². The number of hydrogen-bond acceptors (Lipinski definition) is 0. The average molecular weight is 209 g/mol. The van der Waals surface area contributed by atoms with Crippen molar-refractivity contribution in [3.8, 4) is 0 Å². The van der Waals surface area contributed by atoms with Crippen LogP contribution in [0.2, 0.25) is 0 Å². The first-order valence-electron chi connectivity index (χ1n) is 6.86. The van der Waals surface area contributed by atoms with Crippen LogP contribution in [0.3, 0.4) is 0 Å². The summed E-state index contributed by atoms with van der Waals surface area (Å²) in [7, 11) is 0. The van der Waals surface area contributed by atoms with Crippen LogP contribution < -0.4 is 0 Å². The Morgan fingerprint density at radius 2 is 1.27 bits per heavy atom. The maximum absolute atomic E-state index is 3.86. The van der Waals surface area contributed by atoms with Gasteiger partial charge in [0.05, 0.1) is 0 Å². The van der Waals surface area contributed by atoms with Crippen molar-refractivity contribution >= 4 is 0 Å². The Hall–Kier alpha value is -0.260. The molecule has 15 heavy (non-hydrogen) atoms. The van der Waals surface area contributed by atoms with E-state index in [1.54, 1.807) is 0 Å². The van der Waals surface area contributed by atoms with Gasteiger partial charge in [-0.25, -0.2) is 0 Å². The molecule has 0 nitrogen and oxygen atoms in total. The first-order valence-corrected chi connectivity index (χ1v) is 6.86. The second-order valence-corrected chi connectivity index (χ2v) is 4.38. The van der Waals surface area contributed by atoms with Crippen LogP contribution in [-0.2, 0) is 0 Å². The molecular formula is C15H29. The third-order valence-corrected chi connectivity index (χ3v) is 2.76. The molecule has 0 aromatic carbocycles. The van der Waals surface area contributed by atoms with Gasteiger partial charge in [-0.1, -0.05) is 70.9 Å². The van der Waals surface area contributed by atoms with Gasteiger partial charge in [0, 0.05) is 0 Å². The lowest BCUT2D eigenvalue weighted by atomic mass is 10.1. The maximum atomic E-state index is 3.86. The van der Waals surface area contributed by atoms with Crippen molar-refractivity contribution in [2.45, 2.75) is 77.6 Å². The minimum absolute atomic E-state index is 1.11. The molecule has 0 saturated heterocycles. The molecule has 0 bridgehead atoms. The molecule has 0 spiro atoms. The fourth-order valence-electron chi connectivity index (χ4n) is 1.72. The molecule has 0 atom stereocenters. The van der Waals surface area contributed by atoms with Crippen molar-refractivity contribution in [3.63, 3.8) is 0 Å². The molecule has 0 heteroatoms. The van der Waals surface area contributed by atoms with Crippen LogP contribution in [-0.4, -0.2) is 0 Å². The summed E-state index contributed by atoms with van der Waals surface area (Å²) in [5, 5.41) is 0. The summed E-state index contributed by atoms with van der Waals surface area (Å²) in [5.41, 5.74) is 0. The predicted octanol–water partition coefficient (Wildman–Crippen LogP) is 5.69. The highest BCUT2D eigenvalue weighted by Crippen LogP contribution is 2.07. The highest BCUT2D eigenvalue weighted by atomic mass is 13.9. The van der Waals surface area contributed by atoms with Crippen molar-refractivity contribution in [2.24, 2.45) is 0 Å². The van der Waals surface area contributed by atoms with Crippen molar-refractivity contribution in [3.05, 3.63) is 19.1 Å². The van der Waals surface area contributed by atoms with Gasteiger partial charge in [0.15, 0.2) is 0 Å². The van der Waals surface area contributed by atoms with Gasteiger partial charge in [-0.3, -0.25) is 0 Å². The lowest BCUT2D eigenvalue weighted by Crippen LogP contribution is -1.78. The number of hydrogen-bond donors (Lipinski definition) is 0. The highest BCUT2D eigenvalue weighted by molar-refractivity contribution is 4.81. The Balaban J connectivity index is 2.96. The fraction of sp³-hybridized carbons (Fsp3) is 0.800. The van der Waals surface area contributed by atoms with E-state index in [1.807, 2.05) is 0 Å². The van der Waals surface area contributed by atoms with E-state index in [9.17, 15) is 0 Å². The molecular weight excluding hydrogens is 180 g/mol. The molecule has 0 aliphatic rings. The van der Waals surface area contributed by atoms with Crippen LogP contribution in [0.15, 0.2) is 12.2 Å². The zero-order valence-electron chi connectivity index (χ0n) is 10.6. The Morgan fingerprint density at radius 1 is 0.733 bits per heavy atom. The van der Waals surface area contributed by atoms with Crippen molar-refractivity contribution in [2.75, 3.05) is 0 Å². The zero-order chi connectivity index (χ0) is 11.2. The second kappa shape index (κ2) is 13.7. The summed E-state index contributed by atoms with van der Waals surface area (Å²) in [6.07, 6.45) is 19.4. The number of allylic oxidation sites excluding steroid dienone is 2. The second-order valence-electron chi connectivity index (χ2n) is 4.38. The Kier molecular flexibility index (Phi) is 13.5. The SMILES string of the molecule is [CH2]CCCCCCC/C=C/CCCCC. The Labute approximate surface area is 97.2 Å². The molecule has 0 amide bonds. The highest BCUT2D eigenvalue weighted by Gasteiger charge is 1.88. The van der Waals surface area contributed by atoms with Gasteiger partial charge in [0.1, 0.15) is 0 Å². The molecule has 0 aromatic rings. The summed E-state index contributed by atoms with van der Waals surface area (Å²) >= 11 is 0. The monoisotopic (exact) mass is 209 g/mol. The van der Waals surface area contributed by atoms with E-state index in [0.717, 1.165) is 6.42 Å². The Morgan fingerprint density at radius 3 is 1.87 bits per heavy atom. The zero-order valence-corrected chi connectivity index (χ0v) is 10.6. The maximum Gasteiger partial charge on any atom is -0.0351 e. The fourth-order valence-corrected chi connectivity index (χ4v) is 1.72. The van der Waals surface area contributed by atoms with Gasteiger partial charge in [-0.15, -0.1) is 0 Å². The average Bonchev–Trinajstić information content (AvgIpc) is 2.26. The van der Waals surface area contributed by atoms with Gasteiger partial charge >= 0.3 is 0 Å². The molecule has 0 aromatic heterocycles. The van der Waals surface area contributed by atoms with Gasteiger partial charge in [0.25, 0.3) is 0 Å². The summed E-state index contributed by atoms with van der Waals surface area (Å²) in [5.74, 6) is 0. The smallest absolute Gasteiger partial charge is 0.0351 e. The largest absolute Gasteiger partial charge is 0.0885 e. The molecule has 0 rings (SSSR count). The summed E-state index contributed by atoms with van der Waals surface area (Å²) in [6, 6.07) is 0. The van der Waals surface area contributed by atoms with E-state index in [-0.39, 0.29) is 0 Å². The number of rotatable bonds is 11. The summed E-state index contributed by atoms with van der Waals surface area (Å²) in [4.78, 5) is 0. The lowest BCUT2D eigenvalue weighted by molar-refractivity contribution is 0.621. The van der Waals surface area contributed by atoms with E-state index in [0.29, 0.717) is 0 Å². The lowest BCUT2D eigenvalue weighted by Gasteiger charge is -1.97. The molecule has 89 valence electrons. The van der Waals surface area contributed by atoms with E-state index in [1.165, 1.54) is 64.2 Å². The van der Waals surface area contributed by atoms with E-state index in [2.05, 4.69) is 26.0 Å². The minimum atomic E-state index is 1.11. The first-order chi connectivity index (χ1) is 7.41. The van der Waals surface area contributed by atoms with Gasteiger partial charge in [0.2, 0.25) is 0 Å². The van der Waals surface area contributed by atoms with Gasteiger partial charge < -0.3 is 0 Å². The Bertz CT molecular complexity index is 124. The normalized spacial score (nSPS) is 11.3. The first kappa shape index (κ1) is 14.7. The summed E-state index contributed by atoms with van der Waals surface area (Å²) in [6.45, 7) is 6.12. The third kappa shape index (κ3) is 13.7. The topological polar surface area (TPSA) is 0 Å². The van der Waals surface area contributed by atoms with Crippen LogP contribution >= 0.6 is 0 Å². The quantitative estimate of drug-likeness (QED) is 0.303. The standard InChI is InChI=1S/C15H29/c1-3-5-7-9-11-13-15-14-12-10-8-6-4-2/h12,14H,1,3-11,13,15H2,2H3/b14-12+. The molecule has 0 saturated carbocycles. The van der Waals surface area contributed by atoms with Crippen LogP contribution in [0.1, 0.15) is 77.6 Å². The number of unbranched alkanes of at least 4 members (excludes halogenated alkanes) is 9. The van der Waals surface area contributed by atoms with Crippen molar-refractivity contribution < 1.29 is 0 Å². The van der Waals surface area contributed by atoms with Crippen LogP contribution in [0.4, 0.5) is 0 Å². The van der Waals surface area contributed by atoms with Crippen molar-refractivity contribution in [1.82, 2.24) is 0 Å². The van der Waals surface area contributed by atoms with E-state index >= 15 is 0 Å². The molecule has 1 radical (unpaired) electrons. The van der Waals surface area contributed by atoms with Gasteiger partial charge in [-0.2, -0.15) is 0 Å². The molecule has 0 unspecified atom stereocenters. The third-order valence-electron chi connectivity index (χ3n) is 2.76. The van der Waals surface area contributed by atoms with Crippen LogP contribution in [0.5, 0.6) is 0 Å². The van der Waals surface area contributed by atoms with Gasteiger partial charge in [-0.05, 0) is 25.7 Å². The van der Waals surface area contributed by atoms with Crippen LogP contribution in [0.25, 0.3) is 0 Å². The molecule has 0 fully saturated rings. The van der Waals surface area contributed by atoms with Crippen LogP contribution in [0, 0.1) is 6.92 Å².